The number of anilines is 2. The van der Waals surface area contributed by atoms with Crippen LogP contribution in [-0.2, 0) is 0 Å². The number of rotatable bonds is 4. The molecule has 26 heavy (non-hydrogen) atoms. The number of fused-ring (bicyclic) bond motifs is 1. The molecule has 2 aromatic rings. The van der Waals surface area contributed by atoms with Crippen LogP contribution in [0, 0.1) is 0 Å². The molecule has 1 aliphatic carbocycles. The van der Waals surface area contributed by atoms with Gasteiger partial charge in [-0.05, 0) is 0 Å². The zero-order valence-corrected chi connectivity index (χ0v) is 17.7. The number of alkyl halides is 1. The Morgan fingerprint density at radius 3 is 2.35 bits per heavy atom. The first-order valence-corrected chi connectivity index (χ1v) is 12.6. The van der Waals surface area contributed by atoms with E-state index in [-0.39, 0.29) is 21.5 Å². The quantitative estimate of drug-likeness (QED) is 0.427. The molecule has 1 N–H and O–H groups in total. The van der Waals surface area contributed by atoms with E-state index in [2.05, 4.69) is 32.7 Å². The summed E-state index contributed by atoms with van der Waals surface area (Å²) < 4.78 is 4.71. The van der Waals surface area contributed by atoms with Crippen molar-refractivity contribution in [3.8, 4) is 0 Å². The molecular formula is C21H30IN4-. The summed E-state index contributed by atoms with van der Waals surface area (Å²) in [5.74, 6) is 2.00. The normalized spacial score (nSPS) is 20.1. The fraction of sp³-hybridized carbons (Fsp3) is 0.619. The van der Waals surface area contributed by atoms with Crippen LogP contribution >= 0.6 is 0 Å². The van der Waals surface area contributed by atoms with Crippen LogP contribution in [0.5, 0.6) is 0 Å². The second-order valence-electron chi connectivity index (χ2n) is 7.58. The van der Waals surface area contributed by atoms with Crippen LogP contribution in [0.15, 0.2) is 24.3 Å². The standard InChI is InChI=1S/C21H30IN4/c1-2-5-11-17(12-6-3-1)22-25-20-18-13-7-8-14-19(18)23-21(24-20)26-15-9-4-10-16-26/h7-8,13-14,17H,1-6,9-12,15-16H2,(H,23,24,25)/q-1. The second kappa shape index (κ2) is 9.20. The van der Waals surface area contributed by atoms with Crippen molar-refractivity contribution < 1.29 is 21.5 Å². The van der Waals surface area contributed by atoms with Crippen molar-refractivity contribution in [1.29, 1.82) is 0 Å². The first kappa shape index (κ1) is 18.3. The molecule has 2 heterocycles. The van der Waals surface area contributed by atoms with Crippen LogP contribution in [0.2, 0.25) is 0 Å². The Bertz CT molecular complexity index is 706. The topological polar surface area (TPSA) is 41.1 Å². The third-order valence-electron chi connectivity index (χ3n) is 5.56. The fourth-order valence-electron chi connectivity index (χ4n) is 4.02. The molecule has 2 aliphatic rings. The van der Waals surface area contributed by atoms with Crippen molar-refractivity contribution in [2.24, 2.45) is 0 Å². The third-order valence-corrected chi connectivity index (χ3v) is 8.51. The van der Waals surface area contributed by atoms with Gasteiger partial charge in [-0.15, -0.1) is 0 Å². The molecule has 0 spiro atoms. The molecule has 0 atom stereocenters. The van der Waals surface area contributed by atoms with E-state index < -0.39 is 0 Å². The second-order valence-corrected chi connectivity index (χ2v) is 10.5. The maximum absolute atomic E-state index is 4.98. The van der Waals surface area contributed by atoms with Gasteiger partial charge in [-0.1, -0.05) is 0 Å². The Kier molecular flexibility index (Phi) is 6.46. The summed E-state index contributed by atoms with van der Waals surface area (Å²) in [7, 11) is 0. The molecule has 4 rings (SSSR count). The predicted octanol–water partition coefficient (Wildman–Crippen LogP) is 2.15. The fourth-order valence-corrected chi connectivity index (χ4v) is 6.67. The molecule has 2 fully saturated rings. The summed E-state index contributed by atoms with van der Waals surface area (Å²) in [6, 6.07) is 8.48. The van der Waals surface area contributed by atoms with E-state index >= 15 is 0 Å². The first-order chi connectivity index (χ1) is 12.9. The van der Waals surface area contributed by atoms with Gasteiger partial charge in [-0.2, -0.15) is 0 Å². The first-order valence-electron chi connectivity index (χ1n) is 10.3. The van der Waals surface area contributed by atoms with Crippen molar-refractivity contribution in [2.75, 3.05) is 21.5 Å². The Morgan fingerprint density at radius 2 is 1.54 bits per heavy atom. The molecule has 5 heteroatoms. The van der Waals surface area contributed by atoms with Gasteiger partial charge in [0.1, 0.15) is 0 Å². The van der Waals surface area contributed by atoms with E-state index in [0.717, 1.165) is 34.3 Å². The monoisotopic (exact) mass is 465 g/mol. The number of benzene rings is 1. The van der Waals surface area contributed by atoms with Crippen molar-refractivity contribution in [1.82, 2.24) is 9.97 Å². The molecule has 1 aromatic carbocycles. The predicted molar refractivity (Wildman–Crippen MR) is 105 cm³/mol. The van der Waals surface area contributed by atoms with Gasteiger partial charge >= 0.3 is 168 Å². The molecule has 1 saturated carbocycles. The third kappa shape index (κ3) is 4.59. The van der Waals surface area contributed by atoms with E-state index in [0.29, 0.717) is 0 Å². The number of hydrogen-bond donors (Lipinski definition) is 1. The molecule has 142 valence electrons. The Hall–Kier alpha value is -1.11. The van der Waals surface area contributed by atoms with E-state index in [1.807, 2.05) is 0 Å². The van der Waals surface area contributed by atoms with Crippen LogP contribution in [0.1, 0.15) is 64.2 Å². The van der Waals surface area contributed by atoms with Crippen LogP contribution in [0.4, 0.5) is 11.8 Å². The molecule has 0 bridgehead atoms. The van der Waals surface area contributed by atoms with Gasteiger partial charge in [-0.3, -0.25) is 0 Å². The molecule has 1 aliphatic heterocycles. The van der Waals surface area contributed by atoms with Crippen molar-refractivity contribution in [3.63, 3.8) is 0 Å². The average Bonchev–Trinajstić information content (AvgIpc) is 2.67. The Morgan fingerprint density at radius 1 is 0.846 bits per heavy atom. The molecule has 1 aromatic heterocycles. The Balaban J connectivity index is 1.54. The van der Waals surface area contributed by atoms with Gasteiger partial charge in [0, 0.05) is 0 Å². The summed E-state index contributed by atoms with van der Waals surface area (Å²) in [6.07, 6.45) is 13.8. The van der Waals surface area contributed by atoms with E-state index in [9.17, 15) is 0 Å². The number of nitrogens with zero attached hydrogens (tertiary/aromatic N) is 3. The number of aromatic nitrogens is 2. The summed E-state index contributed by atoms with van der Waals surface area (Å²) in [4.78, 5) is 12.2. The number of piperidine rings is 1. The molecule has 4 nitrogen and oxygen atoms in total. The number of hydrogen-bond acceptors (Lipinski definition) is 4. The minimum absolute atomic E-state index is 0.0698. The van der Waals surface area contributed by atoms with Gasteiger partial charge in [0.05, 0.1) is 0 Å². The summed E-state index contributed by atoms with van der Waals surface area (Å²) in [5.41, 5.74) is 1.08. The SMILES string of the molecule is c1ccc2c(N[I-]C3CCCCCCC3)nc(N3CCCCC3)nc2c1. The number of para-hydroxylation sites is 1. The molecule has 0 amide bonds. The summed E-state index contributed by atoms with van der Waals surface area (Å²) in [6.45, 7) is 2.19. The summed E-state index contributed by atoms with van der Waals surface area (Å²) in [5, 5.41) is 1.18. The van der Waals surface area contributed by atoms with E-state index in [1.165, 1.54) is 69.6 Å². The zero-order chi connectivity index (χ0) is 17.6. The van der Waals surface area contributed by atoms with Crippen molar-refractivity contribution in [3.05, 3.63) is 24.3 Å². The molecule has 0 radical (unpaired) electrons. The minimum atomic E-state index is -0.0698. The van der Waals surface area contributed by atoms with Crippen LogP contribution in [-0.4, -0.2) is 27.0 Å². The van der Waals surface area contributed by atoms with Crippen molar-refractivity contribution in [2.45, 2.75) is 68.1 Å². The van der Waals surface area contributed by atoms with Gasteiger partial charge in [0.2, 0.25) is 0 Å². The van der Waals surface area contributed by atoms with Crippen LogP contribution < -0.4 is 29.9 Å². The van der Waals surface area contributed by atoms with Crippen LogP contribution in [0.3, 0.4) is 0 Å². The van der Waals surface area contributed by atoms with Crippen molar-refractivity contribution >= 4 is 22.7 Å². The van der Waals surface area contributed by atoms with E-state index in [1.54, 1.807) is 0 Å². The Labute approximate surface area is 167 Å². The zero-order valence-electron chi connectivity index (χ0n) is 15.6. The van der Waals surface area contributed by atoms with Gasteiger partial charge in [0.25, 0.3) is 0 Å². The molecule has 1 saturated heterocycles. The summed E-state index contributed by atoms with van der Waals surface area (Å²) >= 11 is -0.0698. The van der Waals surface area contributed by atoms with Crippen LogP contribution in [0.25, 0.3) is 10.9 Å². The van der Waals surface area contributed by atoms with Gasteiger partial charge in [0.15, 0.2) is 0 Å². The van der Waals surface area contributed by atoms with E-state index in [4.69, 9.17) is 9.97 Å². The maximum atomic E-state index is 4.98. The van der Waals surface area contributed by atoms with Gasteiger partial charge in [-0.25, -0.2) is 0 Å². The molecular weight excluding hydrogens is 435 g/mol. The molecule has 0 unspecified atom stereocenters. The number of halogens is 1. The van der Waals surface area contributed by atoms with Gasteiger partial charge < -0.3 is 0 Å². The number of nitrogens with one attached hydrogen (secondary N) is 1. The average molecular weight is 465 g/mol.